The van der Waals surface area contributed by atoms with Gasteiger partial charge in [0.05, 0.1) is 19.9 Å². The van der Waals surface area contributed by atoms with E-state index in [9.17, 15) is 9.59 Å². The zero-order valence-corrected chi connectivity index (χ0v) is 16.0. The van der Waals surface area contributed by atoms with E-state index in [-0.39, 0.29) is 6.54 Å². The van der Waals surface area contributed by atoms with Crippen molar-refractivity contribution in [3.8, 4) is 5.75 Å². The molecule has 28 heavy (non-hydrogen) atoms. The smallest absolute Gasteiger partial charge is 0.309 e. The van der Waals surface area contributed by atoms with Crippen LogP contribution < -0.4 is 20.3 Å². The van der Waals surface area contributed by atoms with Gasteiger partial charge < -0.3 is 24.7 Å². The summed E-state index contributed by atoms with van der Waals surface area (Å²) in [5.74, 6) is 0.186. The van der Waals surface area contributed by atoms with E-state index in [4.69, 9.17) is 9.15 Å². The summed E-state index contributed by atoms with van der Waals surface area (Å²) in [6.45, 7) is 5.02. The number of hydrogen-bond donors (Lipinski definition) is 2. The molecule has 2 N–H and O–H groups in total. The minimum atomic E-state index is -0.652. The van der Waals surface area contributed by atoms with E-state index >= 15 is 0 Å². The van der Waals surface area contributed by atoms with Gasteiger partial charge in [-0.25, -0.2) is 0 Å². The molecule has 0 saturated carbocycles. The first-order valence-electron chi connectivity index (χ1n) is 9.35. The van der Waals surface area contributed by atoms with Crippen LogP contribution in [0.2, 0.25) is 0 Å². The lowest BCUT2D eigenvalue weighted by molar-refractivity contribution is -0.139. The molecule has 1 aromatic carbocycles. The molecule has 0 radical (unpaired) electrons. The van der Waals surface area contributed by atoms with Crippen LogP contribution in [-0.2, 0) is 16.1 Å². The Hall–Kier alpha value is -3.00. The number of rotatable bonds is 7. The predicted molar refractivity (Wildman–Crippen MR) is 105 cm³/mol. The fourth-order valence-corrected chi connectivity index (χ4v) is 3.09. The second kappa shape index (κ2) is 9.80. The van der Waals surface area contributed by atoms with Crippen molar-refractivity contribution in [2.75, 3.05) is 51.3 Å². The lowest BCUT2D eigenvalue weighted by Gasteiger charge is -2.36. The summed E-state index contributed by atoms with van der Waals surface area (Å²) >= 11 is 0. The predicted octanol–water partition coefficient (Wildman–Crippen LogP) is 0.843. The number of carbonyl (C=O) groups is 2. The third-order valence-corrected chi connectivity index (χ3v) is 4.73. The average Bonchev–Trinajstić information content (AvgIpc) is 3.26. The van der Waals surface area contributed by atoms with Gasteiger partial charge in [-0.05, 0) is 36.4 Å². The summed E-state index contributed by atoms with van der Waals surface area (Å²) in [6.07, 6.45) is 1.52. The Kier molecular flexibility index (Phi) is 6.91. The van der Waals surface area contributed by atoms with E-state index in [2.05, 4.69) is 32.6 Å². The highest BCUT2D eigenvalue weighted by Crippen LogP contribution is 2.20. The number of ether oxygens (including phenoxy) is 1. The molecule has 1 aliphatic heterocycles. The van der Waals surface area contributed by atoms with E-state index in [1.165, 1.54) is 12.0 Å². The molecule has 0 aliphatic carbocycles. The molecule has 2 aromatic rings. The number of amides is 2. The molecular weight excluding hydrogens is 360 g/mol. The molecule has 2 amide bonds. The molecule has 150 valence electrons. The third-order valence-electron chi connectivity index (χ3n) is 4.73. The summed E-state index contributed by atoms with van der Waals surface area (Å²) in [5, 5.41) is 5.20. The first-order valence-corrected chi connectivity index (χ1v) is 9.35. The van der Waals surface area contributed by atoms with Crippen molar-refractivity contribution in [3.63, 3.8) is 0 Å². The topological polar surface area (TPSA) is 87.0 Å². The Bertz CT molecular complexity index is 753. The van der Waals surface area contributed by atoms with Crippen molar-refractivity contribution in [1.82, 2.24) is 15.5 Å². The van der Waals surface area contributed by atoms with Crippen LogP contribution in [0.3, 0.4) is 0 Å². The van der Waals surface area contributed by atoms with Crippen LogP contribution in [-0.4, -0.2) is 63.1 Å². The van der Waals surface area contributed by atoms with Gasteiger partial charge in [-0.2, -0.15) is 0 Å². The standard InChI is InChI=1S/C20H26N4O4/c1-27-17-6-4-16(5-7-17)24-12-10-23(11-13-24)9-8-21-19(25)20(26)22-15-18-3-2-14-28-18/h2-7,14H,8-13,15H2,1H3,(H,21,25)(H,22,26). The second-order valence-electron chi connectivity index (χ2n) is 6.54. The molecule has 2 heterocycles. The van der Waals surface area contributed by atoms with Crippen LogP contribution in [0, 0.1) is 0 Å². The number of hydrogen-bond acceptors (Lipinski definition) is 6. The van der Waals surface area contributed by atoms with Crippen LogP contribution in [0.1, 0.15) is 5.76 Å². The Balaban J connectivity index is 1.32. The van der Waals surface area contributed by atoms with Crippen LogP contribution in [0.25, 0.3) is 0 Å². The Labute approximate surface area is 164 Å². The summed E-state index contributed by atoms with van der Waals surface area (Å²) < 4.78 is 10.3. The number of nitrogens with zero attached hydrogens (tertiary/aromatic N) is 2. The Morgan fingerprint density at radius 3 is 2.39 bits per heavy atom. The van der Waals surface area contributed by atoms with Gasteiger partial charge in [-0.3, -0.25) is 14.5 Å². The lowest BCUT2D eigenvalue weighted by atomic mass is 10.2. The van der Waals surface area contributed by atoms with Crippen LogP contribution >= 0.6 is 0 Å². The maximum absolute atomic E-state index is 11.8. The van der Waals surface area contributed by atoms with Crippen molar-refractivity contribution in [2.24, 2.45) is 0 Å². The highest BCUT2D eigenvalue weighted by atomic mass is 16.5. The average molecular weight is 386 g/mol. The zero-order valence-electron chi connectivity index (χ0n) is 16.0. The van der Waals surface area contributed by atoms with Gasteiger partial charge in [0.25, 0.3) is 0 Å². The molecule has 0 spiro atoms. The van der Waals surface area contributed by atoms with Crippen LogP contribution in [0.5, 0.6) is 5.75 Å². The minimum Gasteiger partial charge on any atom is -0.497 e. The first kappa shape index (κ1) is 19.8. The van der Waals surface area contributed by atoms with Crippen molar-refractivity contribution in [2.45, 2.75) is 6.54 Å². The Morgan fingerprint density at radius 2 is 1.75 bits per heavy atom. The fraction of sp³-hybridized carbons (Fsp3) is 0.400. The fourth-order valence-electron chi connectivity index (χ4n) is 3.09. The van der Waals surface area contributed by atoms with Crippen LogP contribution in [0.4, 0.5) is 5.69 Å². The molecule has 1 fully saturated rings. The SMILES string of the molecule is COc1ccc(N2CCN(CCNC(=O)C(=O)NCc3ccco3)CC2)cc1. The van der Waals surface area contributed by atoms with Crippen molar-refractivity contribution in [1.29, 1.82) is 0 Å². The molecule has 0 bridgehead atoms. The first-order chi connectivity index (χ1) is 13.7. The highest BCUT2D eigenvalue weighted by molar-refractivity contribution is 6.35. The molecule has 8 nitrogen and oxygen atoms in total. The second-order valence-corrected chi connectivity index (χ2v) is 6.54. The third kappa shape index (κ3) is 5.50. The monoisotopic (exact) mass is 386 g/mol. The summed E-state index contributed by atoms with van der Waals surface area (Å²) in [4.78, 5) is 28.2. The minimum absolute atomic E-state index is 0.201. The molecule has 1 saturated heterocycles. The van der Waals surface area contributed by atoms with Crippen molar-refractivity contribution in [3.05, 3.63) is 48.4 Å². The van der Waals surface area contributed by atoms with Gasteiger partial charge >= 0.3 is 11.8 Å². The molecule has 0 atom stereocenters. The summed E-state index contributed by atoms with van der Waals surface area (Å²) in [7, 11) is 1.66. The molecule has 1 aliphatic rings. The van der Waals surface area contributed by atoms with Gasteiger partial charge in [0.15, 0.2) is 0 Å². The zero-order chi connectivity index (χ0) is 19.8. The van der Waals surface area contributed by atoms with E-state index < -0.39 is 11.8 Å². The van der Waals surface area contributed by atoms with Gasteiger partial charge in [-0.15, -0.1) is 0 Å². The normalized spacial score (nSPS) is 14.5. The number of anilines is 1. The number of nitrogens with one attached hydrogen (secondary N) is 2. The number of piperazine rings is 1. The molecular formula is C20H26N4O4. The van der Waals surface area contributed by atoms with E-state index in [0.717, 1.165) is 31.9 Å². The molecule has 0 unspecified atom stereocenters. The van der Waals surface area contributed by atoms with Gasteiger partial charge in [-0.1, -0.05) is 0 Å². The quantitative estimate of drug-likeness (QED) is 0.686. The number of benzene rings is 1. The van der Waals surface area contributed by atoms with E-state index in [1.54, 1.807) is 19.2 Å². The van der Waals surface area contributed by atoms with E-state index in [0.29, 0.717) is 18.8 Å². The molecule has 8 heteroatoms. The van der Waals surface area contributed by atoms with Gasteiger partial charge in [0, 0.05) is 45.0 Å². The molecule has 1 aromatic heterocycles. The van der Waals surface area contributed by atoms with E-state index in [1.807, 2.05) is 12.1 Å². The lowest BCUT2D eigenvalue weighted by Crippen LogP contribution is -2.49. The summed E-state index contributed by atoms with van der Waals surface area (Å²) in [5.41, 5.74) is 1.18. The van der Waals surface area contributed by atoms with Crippen molar-refractivity contribution < 1.29 is 18.7 Å². The highest BCUT2D eigenvalue weighted by Gasteiger charge is 2.18. The van der Waals surface area contributed by atoms with Gasteiger partial charge in [0.2, 0.25) is 0 Å². The Morgan fingerprint density at radius 1 is 1.04 bits per heavy atom. The maximum atomic E-state index is 11.8. The number of methoxy groups -OCH3 is 1. The maximum Gasteiger partial charge on any atom is 0.309 e. The number of carbonyl (C=O) groups excluding carboxylic acids is 2. The molecule has 3 rings (SSSR count). The van der Waals surface area contributed by atoms with Gasteiger partial charge in [0.1, 0.15) is 11.5 Å². The largest absolute Gasteiger partial charge is 0.497 e. The van der Waals surface area contributed by atoms with Crippen molar-refractivity contribution >= 4 is 17.5 Å². The summed E-state index contributed by atoms with van der Waals surface area (Å²) in [6, 6.07) is 11.5. The van der Waals surface area contributed by atoms with Crippen LogP contribution in [0.15, 0.2) is 47.1 Å². The number of furan rings is 1.